The summed E-state index contributed by atoms with van der Waals surface area (Å²) in [6.45, 7) is 6.37. The zero-order valence-corrected chi connectivity index (χ0v) is 13.9. The summed E-state index contributed by atoms with van der Waals surface area (Å²) in [6.07, 6.45) is -3.21. The zero-order chi connectivity index (χ0) is 18.5. The summed E-state index contributed by atoms with van der Waals surface area (Å²) < 4.78 is 58.1. The van der Waals surface area contributed by atoms with Crippen molar-refractivity contribution in [3.05, 3.63) is 34.6 Å². The lowest BCUT2D eigenvalue weighted by atomic mass is 9.94. The number of carbonyl (C=O) groups excluding carboxylic acids is 1. The van der Waals surface area contributed by atoms with Gasteiger partial charge in [0.1, 0.15) is 11.5 Å². The lowest BCUT2D eigenvalue weighted by Gasteiger charge is -2.16. The molecule has 0 saturated heterocycles. The van der Waals surface area contributed by atoms with E-state index in [1.165, 1.54) is 20.1 Å². The van der Waals surface area contributed by atoms with Gasteiger partial charge in [-0.2, -0.15) is 13.2 Å². The quantitative estimate of drug-likeness (QED) is 0.314. The Morgan fingerprint density at radius 1 is 1.29 bits per heavy atom. The third-order valence-corrected chi connectivity index (χ3v) is 3.36. The molecule has 132 valence electrons. The van der Waals surface area contributed by atoms with Crippen molar-refractivity contribution in [1.29, 1.82) is 0 Å². The van der Waals surface area contributed by atoms with Crippen LogP contribution < -0.4 is 0 Å². The Morgan fingerprint density at radius 2 is 1.92 bits per heavy atom. The van der Waals surface area contributed by atoms with Gasteiger partial charge in [-0.05, 0) is 44.9 Å². The third kappa shape index (κ3) is 4.43. The van der Waals surface area contributed by atoms with Gasteiger partial charge < -0.3 is 4.74 Å². The second kappa shape index (κ2) is 8.08. The minimum atomic E-state index is -4.71. The number of esters is 1. The number of allylic oxidation sites excluding steroid dienone is 1. The molecular formula is C17H19F4NO2. The minimum Gasteiger partial charge on any atom is -0.463 e. The molecule has 0 bridgehead atoms. The largest absolute Gasteiger partial charge is 0.463 e. The summed E-state index contributed by atoms with van der Waals surface area (Å²) in [5, 5.41) is 0. The van der Waals surface area contributed by atoms with Crippen LogP contribution in [-0.2, 0) is 15.7 Å². The summed E-state index contributed by atoms with van der Waals surface area (Å²) in [5.41, 5.74) is -1.03. The van der Waals surface area contributed by atoms with Crippen molar-refractivity contribution < 1.29 is 27.1 Å². The number of carbonyl (C=O) groups is 1. The molecule has 24 heavy (non-hydrogen) atoms. The summed E-state index contributed by atoms with van der Waals surface area (Å²) in [4.78, 5) is 15.8. The van der Waals surface area contributed by atoms with Gasteiger partial charge in [0.2, 0.25) is 0 Å². The monoisotopic (exact) mass is 345 g/mol. The molecule has 0 aromatic heterocycles. The van der Waals surface area contributed by atoms with E-state index < -0.39 is 23.5 Å². The Labute approximate surface area is 138 Å². The van der Waals surface area contributed by atoms with Crippen molar-refractivity contribution >= 4 is 23.4 Å². The predicted octanol–water partition coefficient (Wildman–Crippen LogP) is 5.31. The molecule has 0 unspecified atom stereocenters. The third-order valence-electron chi connectivity index (χ3n) is 3.36. The summed E-state index contributed by atoms with van der Waals surface area (Å²) in [5.74, 6) is -1.75. The molecule has 0 amide bonds. The van der Waals surface area contributed by atoms with E-state index in [-0.39, 0.29) is 35.4 Å². The summed E-state index contributed by atoms with van der Waals surface area (Å²) in [6, 6.07) is 1.21. The van der Waals surface area contributed by atoms with E-state index in [2.05, 4.69) is 4.99 Å². The molecule has 0 saturated carbocycles. The van der Waals surface area contributed by atoms with E-state index >= 15 is 0 Å². The Bertz CT molecular complexity index is 676. The van der Waals surface area contributed by atoms with Gasteiger partial charge in [-0.15, -0.1) is 0 Å². The Morgan fingerprint density at radius 3 is 2.38 bits per heavy atom. The molecule has 0 aliphatic heterocycles. The predicted molar refractivity (Wildman–Crippen MR) is 84.7 cm³/mol. The lowest BCUT2D eigenvalue weighted by Crippen LogP contribution is -2.10. The molecule has 0 fully saturated rings. The number of nitrogens with zero attached hydrogens (tertiary/aromatic N) is 1. The number of aliphatic imine (C=N–C) groups is 1. The highest BCUT2D eigenvalue weighted by molar-refractivity contribution is 5.98. The highest BCUT2D eigenvalue weighted by Gasteiger charge is 2.33. The van der Waals surface area contributed by atoms with Crippen LogP contribution in [0, 0.1) is 5.82 Å². The molecule has 1 aromatic carbocycles. The fourth-order valence-electron chi connectivity index (χ4n) is 2.27. The maximum absolute atomic E-state index is 14.2. The van der Waals surface area contributed by atoms with Gasteiger partial charge in [0, 0.05) is 17.4 Å². The van der Waals surface area contributed by atoms with Crippen LogP contribution in [-0.4, -0.2) is 18.8 Å². The molecule has 0 radical (unpaired) electrons. The van der Waals surface area contributed by atoms with Gasteiger partial charge in [0.25, 0.3) is 0 Å². The van der Waals surface area contributed by atoms with Gasteiger partial charge >= 0.3 is 12.1 Å². The number of hydrogen-bond acceptors (Lipinski definition) is 3. The molecule has 0 N–H and O–H groups in total. The van der Waals surface area contributed by atoms with Crippen LogP contribution in [0.2, 0.25) is 0 Å². The second-order valence-electron chi connectivity index (χ2n) is 4.92. The van der Waals surface area contributed by atoms with Crippen LogP contribution in [0.1, 0.15) is 45.2 Å². The van der Waals surface area contributed by atoms with Gasteiger partial charge in [0.15, 0.2) is 0 Å². The minimum absolute atomic E-state index is 0.0616. The Balaban J connectivity index is 3.72. The molecule has 3 nitrogen and oxygen atoms in total. The molecule has 0 spiro atoms. The molecule has 7 heteroatoms. The van der Waals surface area contributed by atoms with Gasteiger partial charge in [-0.3, -0.25) is 4.99 Å². The number of halogens is 4. The van der Waals surface area contributed by atoms with Crippen LogP contribution in [0.15, 0.2) is 22.7 Å². The Hall–Kier alpha value is -2.18. The zero-order valence-electron chi connectivity index (χ0n) is 13.9. The van der Waals surface area contributed by atoms with E-state index in [0.29, 0.717) is 6.07 Å². The molecular weight excluding hydrogens is 326 g/mol. The van der Waals surface area contributed by atoms with Crippen LogP contribution in [0.3, 0.4) is 0 Å². The molecule has 0 heterocycles. The average Bonchev–Trinajstić information content (AvgIpc) is 2.49. The molecule has 0 atom stereocenters. The number of alkyl halides is 3. The first kappa shape index (κ1) is 19.9. The standard InChI is InChI=1S/C17H19F4NO2/c1-5-12(10(4)16(23)24-7-3)13-8-11(17(19,20)21)9-14(18)15(13)22-6-2/h6,8-9H,5,7H2,1-4H3/b12-10+,22-6?. The summed E-state index contributed by atoms with van der Waals surface area (Å²) in [7, 11) is 0. The van der Waals surface area contributed by atoms with Gasteiger partial charge in [0.05, 0.1) is 12.2 Å². The molecule has 1 aromatic rings. The lowest BCUT2D eigenvalue weighted by molar-refractivity contribution is -0.138. The highest BCUT2D eigenvalue weighted by Crippen LogP contribution is 2.39. The van der Waals surface area contributed by atoms with Crippen LogP contribution >= 0.6 is 0 Å². The van der Waals surface area contributed by atoms with E-state index in [0.717, 1.165) is 6.07 Å². The molecule has 0 aliphatic carbocycles. The van der Waals surface area contributed by atoms with Crippen LogP contribution in [0.25, 0.3) is 5.57 Å². The van der Waals surface area contributed by atoms with E-state index in [4.69, 9.17) is 4.74 Å². The fraction of sp³-hybridized carbons (Fsp3) is 0.412. The van der Waals surface area contributed by atoms with E-state index in [1.807, 2.05) is 0 Å². The Kier molecular flexibility index (Phi) is 6.69. The summed E-state index contributed by atoms with van der Waals surface area (Å²) >= 11 is 0. The van der Waals surface area contributed by atoms with Crippen LogP contribution in [0.5, 0.6) is 0 Å². The smallest absolute Gasteiger partial charge is 0.416 e. The van der Waals surface area contributed by atoms with Crippen LogP contribution in [0.4, 0.5) is 23.2 Å². The SMILES string of the molecule is CC=Nc1c(F)cc(C(F)(F)F)cc1/C(CC)=C(\C)C(=O)OCC. The van der Waals surface area contributed by atoms with Crippen molar-refractivity contribution in [2.45, 2.75) is 40.3 Å². The van der Waals surface area contributed by atoms with Crippen molar-refractivity contribution in [2.24, 2.45) is 4.99 Å². The normalized spacial score (nSPS) is 13.2. The number of benzene rings is 1. The number of rotatable bonds is 5. The fourth-order valence-corrected chi connectivity index (χ4v) is 2.27. The highest BCUT2D eigenvalue weighted by atomic mass is 19.4. The van der Waals surface area contributed by atoms with Crippen molar-refractivity contribution in [3.63, 3.8) is 0 Å². The van der Waals surface area contributed by atoms with Crippen molar-refractivity contribution in [3.8, 4) is 0 Å². The van der Waals surface area contributed by atoms with Gasteiger partial charge in [-0.25, -0.2) is 9.18 Å². The average molecular weight is 345 g/mol. The second-order valence-corrected chi connectivity index (χ2v) is 4.92. The van der Waals surface area contributed by atoms with Gasteiger partial charge in [-0.1, -0.05) is 6.92 Å². The first-order valence-electron chi connectivity index (χ1n) is 7.43. The van der Waals surface area contributed by atoms with E-state index in [1.54, 1.807) is 13.8 Å². The maximum atomic E-state index is 14.2. The van der Waals surface area contributed by atoms with E-state index in [9.17, 15) is 22.4 Å². The first-order valence-corrected chi connectivity index (χ1v) is 7.43. The number of hydrogen-bond donors (Lipinski definition) is 0. The first-order chi connectivity index (χ1) is 11.2. The topological polar surface area (TPSA) is 38.7 Å². The number of ether oxygens (including phenoxy) is 1. The van der Waals surface area contributed by atoms with Crippen molar-refractivity contribution in [1.82, 2.24) is 0 Å². The maximum Gasteiger partial charge on any atom is 0.416 e. The molecule has 0 aliphatic rings. The molecule has 1 rings (SSSR count). The van der Waals surface area contributed by atoms with Crippen molar-refractivity contribution in [2.75, 3.05) is 6.61 Å².